The van der Waals surface area contributed by atoms with E-state index in [-0.39, 0.29) is 11.8 Å². The molecule has 1 fully saturated rings. The summed E-state index contributed by atoms with van der Waals surface area (Å²) in [6.07, 6.45) is 4.22. The summed E-state index contributed by atoms with van der Waals surface area (Å²) in [6.45, 7) is 3.81. The number of piperidine rings is 1. The van der Waals surface area contributed by atoms with E-state index in [0.29, 0.717) is 5.75 Å². The molecule has 3 aromatic rings. The monoisotopic (exact) mass is 383 g/mol. The normalized spacial score (nSPS) is 15.2. The van der Waals surface area contributed by atoms with Crippen LogP contribution < -0.4 is 15.4 Å². The quantitative estimate of drug-likeness (QED) is 0.728. The molecule has 7 nitrogen and oxygen atoms in total. The molecule has 140 valence electrons. The number of carbonyl (C=O) groups is 1. The van der Waals surface area contributed by atoms with Gasteiger partial charge in [0, 0.05) is 44.6 Å². The average Bonchev–Trinajstić information content (AvgIpc) is 3.16. The molecule has 4 heterocycles. The summed E-state index contributed by atoms with van der Waals surface area (Å²) in [5.41, 5.74) is 5.50. The van der Waals surface area contributed by atoms with Crippen LogP contribution in [0.1, 0.15) is 36.1 Å². The van der Waals surface area contributed by atoms with Gasteiger partial charge in [0.25, 0.3) is 5.91 Å². The Kier molecular flexibility index (Phi) is 4.89. The maximum absolute atomic E-state index is 11.3. The van der Waals surface area contributed by atoms with E-state index in [2.05, 4.69) is 33.2 Å². The van der Waals surface area contributed by atoms with Gasteiger partial charge in [-0.25, -0.2) is 9.97 Å². The van der Waals surface area contributed by atoms with E-state index in [1.165, 1.54) is 0 Å². The van der Waals surface area contributed by atoms with Crippen molar-refractivity contribution >= 4 is 33.3 Å². The predicted octanol–water partition coefficient (Wildman–Crippen LogP) is 2.80. The number of primary amides is 1. The van der Waals surface area contributed by atoms with Gasteiger partial charge in [-0.2, -0.15) is 0 Å². The number of hydrogen-bond donors (Lipinski definition) is 1. The van der Waals surface area contributed by atoms with Crippen molar-refractivity contribution in [2.45, 2.75) is 32.3 Å². The first-order valence-electron chi connectivity index (χ1n) is 9.05. The van der Waals surface area contributed by atoms with Crippen LogP contribution in [0, 0.1) is 0 Å². The molecule has 27 heavy (non-hydrogen) atoms. The van der Waals surface area contributed by atoms with Gasteiger partial charge in [-0.15, -0.1) is 11.3 Å². The summed E-state index contributed by atoms with van der Waals surface area (Å²) in [5, 5.41) is 3.19. The van der Waals surface area contributed by atoms with Crippen LogP contribution in [0.4, 0.5) is 5.82 Å². The zero-order chi connectivity index (χ0) is 18.8. The molecule has 0 spiro atoms. The Bertz CT molecular complexity index is 966. The van der Waals surface area contributed by atoms with Gasteiger partial charge in [0.2, 0.25) is 0 Å². The summed E-state index contributed by atoms with van der Waals surface area (Å²) in [5.74, 6) is 1.99. The number of pyridine rings is 1. The summed E-state index contributed by atoms with van der Waals surface area (Å²) >= 11 is 1.65. The highest BCUT2D eigenvalue weighted by molar-refractivity contribution is 7.16. The van der Waals surface area contributed by atoms with E-state index in [1.54, 1.807) is 29.7 Å². The number of anilines is 1. The van der Waals surface area contributed by atoms with Crippen molar-refractivity contribution in [2.75, 3.05) is 18.0 Å². The second-order valence-corrected chi connectivity index (χ2v) is 7.40. The molecular weight excluding hydrogens is 362 g/mol. The highest BCUT2D eigenvalue weighted by Gasteiger charge is 2.24. The fraction of sp³-hybridized carbons (Fsp3) is 0.368. The van der Waals surface area contributed by atoms with Crippen molar-refractivity contribution in [3.8, 4) is 5.75 Å². The Balaban J connectivity index is 1.46. The van der Waals surface area contributed by atoms with Crippen LogP contribution in [-0.4, -0.2) is 40.1 Å². The van der Waals surface area contributed by atoms with Gasteiger partial charge in [0.05, 0.1) is 5.39 Å². The molecule has 2 N–H and O–H groups in total. The summed E-state index contributed by atoms with van der Waals surface area (Å²) in [6, 6.07) is 5.45. The van der Waals surface area contributed by atoms with Crippen molar-refractivity contribution in [1.82, 2.24) is 15.0 Å². The number of nitrogens with two attached hydrogens (primary N) is 1. The van der Waals surface area contributed by atoms with E-state index in [9.17, 15) is 4.79 Å². The molecule has 1 saturated heterocycles. The fourth-order valence-corrected chi connectivity index (χ4v) is 4.06. The first kappa shape index (κ1) is 17.7. The zero-order valence-electron chi connectivity index (χ0n) is 15.1. The molecule has 1 aliphatic heterocycles. The Morgan fingerprint density at radius 2 is 2.15 bits per heavy atom. The third-order valence-electron chi connectivity index (χ3n) is 4.70. The number of nitrogens with zero attached hydrogens (tertiary/aromatic N) is 4. The maximum atomic E-state index is 11.3. The molecule has 0 atom stereocenters. The van der Waals surface area contributed by atoms with Crippen LogP contribution in [0.25, 0.3) is 10.2 Å². The Hall–Kier alpha value is -2.74. The van der Waals surface area contributed by atoms with Crippen molar-refractivity contribution in [2.24, 2.45) is 5.73 Å². The zero-order valence-corrected chi connectivity index (χ0v) is 15.9. The summed E-state index contributed by atoms with van der Waals surface area (Å²) < 4.78 is 6.04. The Labute approximate surface area is 161 Å². The minimum Gasteiger partial charge on any atom is -0.490 e. The van der Waals surface area contributed by atoms with Crippen molar-refractivity contribution in [3.63, 3.8) is 0 Å². The molecule has 0 aromatic carbocycles. The van der Waals surface area contributed by atoms with Crippen LogP contribution in [0.5, 0.6) is 5.75 Å². The van der Waals surface area contributed by atoms with Gasteiger partial charge in [-0.3, -0.25) is 9.78 Å². The number of thiophene rings is 1. The molecule has 3 aromatic heterocycles. The third kappa shape index (κ3) is 3.71. The SMILES string of the molecule is CCc1nc(N2CCC(Oc3ccnc(C(N)=O)c3)CC2)c2ccsc2n1. The second kappa shape index (κ2) is 7.48. The Morgan fingerprint density at radius 1 is 1.33 bits per heavy atom. The highest BCUT2D eigenvalue weighted by Crippen LogP contribution is 2.30. The van der Waals surface area contributed by atoms with E-state index in [4.69, 9.17) is 15.5 Å². The lowest BCUT2D eigenvalue weighted by molar-refractivity contribution is 0.0994. The van der Waals surface area contributed by atoms with Crippen LogP contribution in [0.15, 0.2) is 29.8 Å². The number of aryl methyl sites for hydroxylation is 1. The molecule has 0 saturated carbocycles. The first-order chi connectivity index (χ1) is 13.1. The average molecular weight is 383 g/mol. The number of hydrogen-bond acceptors (Lipinski definition) is 7. The number of aromatic nitrogens is 3. The molecule has 0 unspecified atom stereocenters. The first-order valence-corrected chi connectivity index (χ1v) is 9.93. The molecule has 8 heteroatoms. The lowest BCUT2D eigenvalue weighted by Gasteiger charge is -2.33. The van der Waals surface area contributed by atoms with Gasteiger partial charge >= 0.3 is 0 Å². The Morgan fingerprint density at radius 3 is 2.89 bits per heavy atom. The molecule has 0 radical (unpaired) electrons. The number of ether oxygens (including phenoxy) is 1. The van der Waals surface area contributed by atoms with Gasteiger partial charge in [-0.05, 0) is 17.5 Å². The van der Waals surface area contributed by atoms with E-state index in [0.717, 1.165) is 54.2 Å². The molecule has 0 bridgehead atoms. The standard InChI is InChI=1S/C19H21N5O2S/c1-2-16-22-18(14-6-10-27-19(14)23-16)24-8-4-12(5-9-24)26-13-3-7-21-15(11-13)17(20)25/h3,6-7,10-12H,2,4-5,8-9H2,1H3,(H2,20,25). The van der Waals surface area contributed by atoms with Crippen LogP contribution in [0.3, 0.4) is 0 Å². The summed E-state index contributed by atoms with van der Waals surface area (Å²) in [4.78, 5) is 28.0. The minimum absolute atomic E-state index is 0.0924. The van der Waals surface area contributed by atoms with E-state index >= 15 is 0 Å². The van der Waals surface area contributed by atoms with Crippen LogP contribution >= 0.6 is 11.3 Å². The van der Waals surface area contributed by atoms with Crippen LogP contribution in [0.2, 0.25) is 0 Å². The van der Waals surface area contributed by atoms with Crippen molar-refractivity contribution in [1.29, 1.82) is 0 Å². The largest absolute Gasteiger partial charge is 0.490 e. The lowest BCUT2D eigenvalue weighted by Crippen LogP contribution is -2.39. The number of rotatable bonds is 5. The number of amides is 1. The predicted molar refractivity (Wildman–Crippen MR) is 105 cm³/mol. The number of carbonyl (C=O) groups excluding carboxylic acids is 1. The number of fused-ring (bicyclic) bond motifs is 1. The van der Waals surface area contributed by atoms with Gasteiger partial charge < -0.3 is 15.4 Å². The smallest absolute Gasteiger partial charge is 0.267 e. The molecule has 0 aliphatic carbocycles. The maximum Gasteiger partial charge on any atom is 0.267 e. The van der Waals surface area contributed by atoms with Crippen molar-refractivity contribution < 1.29 is 9.53 Å². The molecule has 1 amide bonds. The lowest BCUT2D eigenvalue weighted by atomic mass is 10.1. The third-order valence-corrected chi connectivity index (χ3v) is 5.50. The van der Waals surface area contributed by atoms with Gasteiger partial charge in [0.1, 0.15) is 34.0 Å². The van der Waals surface area contributed by atoms with Gasteiger partial charge in [0.15, 0.2) is 0 Å². The highest BCUT2D eigenvalue weighted by atomic mass is 32.1. The van der Waals surface area contributed by atoms with E-state index in [1.807, 2.05) is 0 Å². The fourth-order valence-electron chi connectivity index (χ4n) is 3.28. The van der Waals surface area contributed by atoms with Crippen LogP contribution in [-0.2, 0) is 6.42 Å². The summed E-state index contributed by atoms with van der Waals surface area (Å²) in [7, 11) is 0. The second-order valence-electron chi connectivity index (χ2n) is 6.50. The molecule has 1 aliphatic rings. The topological polar surface area (TPSA) is 94.2 Å². The molecular formula is C19H21N5O2S. The minimum atomic E-state index is -0.550. The van der Waals surface area contributed by atoms with E-state index < -0.39 is 5.91 Å². The van der Waals surface area contributed by atoms with Crippen molar-refractivity contribution in [3.05, 3.63) is 41.3 Å². The van der Waals surface area contributed by atoms with Gasteiger partial charge in [-0.1, -0.05) is 6.92 Å². The molecule has 4 rings (SSSR count).